The Balaban J connectivity index is 1.85. The zero-order valence-electron chi connectivity index (χ0n) is 10.8. The van der Waals surface area contributed by atoms with Crippen LogP contribution in [-0.2, 0) is 4.84 Å². The second-order valence-corrected chi connectivity index (χ2v) is 5.55. The number of hydrogen-bond acceptors (Lipinski definition) is 4. The van der Waals surface area contributed by atoms with E-state index in [-0.39, 0.29) is 0 Å². The van der Waals surface area contributed by atoms with E-state index in [1.807, 2.05) is 12.1 Å². The molecule has 19 heavy (non-hydrogen) atoms. The maximum Gasteiger partial charge on any atom is 0.0691 e. The SMILES string of the molecule is NOCCCN1CCN(c2cc(Cl)cc(Cl)c2)CC1. The number of piperazine rings is 1. The van der Waals surface area contributed by atoms with Crippen molar-refractivity contribution in [2.24, 2.45) is 5.90 Å². The van der Waals surface area contributed by atoms with E-state index < -0.39 is 0 Å². The summed E-state index contributed by atoms with van der Waals surface area (Å²) in [6.45, 7) is 5.69. The molecule has 6 heteroatoms. The highest BCUT2D eigenvalue weighted by Gasteiger charge is 2.17. The van der Waals surface area contributed by atoms with Gasteiger partial charge < -0.3 is 9.74 Å². The molecule has 0 bridgehead atoms. The Labute approximate surface area is 124 Å². The van der Waals surface area contributed by atoms with Gasteiger partial charge in [-0.25, -0.2) is 5.90 Å². The summed E-state index contributed by atoms with van der Waals surface area (Å²) in [6.07, 6.45) is 0.972. The Morgan fingerprint density at radius 1 is 1.05 bits per heavy atom. The molecule has 106 valence electrons. The van der Waals surface area contributed by atoms with Crippen LogP contribution in [0.15, 0.2) is 18.2 Å². The van der Waals surface area contributed by atoms with Crippen LogP contribution in [0.5, 0.6) is 0 Å². The molecule has 0 atom stereocenters. The van der Waals surface area contributed by atoms with Crippen molar-refractivity contribution in [1.82, 2.24) is 4.90 Å². The van der Waals surface area contributed by atoms with Crippen LogP contribution >= 0.6 is 23.2 Å². The molecule has 0 saturated carbocycles. The number of anilines is 1. The third kappa shape index (κ3) is 4.51. The molecule has 1 saturated heterocycles. The second kappa shape index (κ2) is 7.31. The lowest BCUT2D eigenvalue weighted by molar-refractivity contribution is 0.122. The largest absolute Gasteiger partial charge is 0.369 e. The summed E-state index contributed by atoms with van der Waals surface area (Å²) in [6, 6.07) is 5.69. The van der Waals surface area contributed by atoms with Gasteiger partial charge in [0.15, 0.2) is 0 Å². The van der Waals surface area contributed by atoms with Crippen LogP contribution in [0, 0.1) is 0 Å². The third-order valence-electron chi connectivity index (χ3n) is 3.32. The zero-order chi connectivity index (χ0) is 13.7. The first kappa shape index (κ1) is 14.9. The molecule has 2 N–H and O–H groups in total. The summed E-state index contributed by atoms with van der Waals surface area (Å²) in [5.41, 5.74) is 1.10. The summed E-state index contributed by atoms with van der Waals surface area (Å²) in [5, 5.41) is 1.37. The van der Waals surface area contributed by atoms with Crippen LogP contribution in [0.2, 0.25) is 10.0 Å². The molecule has 0 amide bonds. The number of nitrogens with two attached hydrogens (primary N) is 1. The van der Waals surface area contributed by atoms with Crippen molar-refractivity contribution < 1.29 is 4.84 Å². The van der Waals surface area contributed by atoms with Crippen LogP contribution < -0.4 is 10.8 Å². The quantitative estimate of drug-likeness (QED) is 0.670. The van der Waals surface area contributed by atoms with E-state index in [1.54, 1.807) is 6.07 Å². The van der Waals surface area contributed by atoms with Crippen molar-refractivity contribution in [3.8, 4) is 0 Å². The fraction of sp³-hybridized carbons (Fsp3) is 0.538. The molecule has 0 unspecified atom stereocenters. The number of hydrogen-bond donors (Lipinski definition) is 1. The molecule has 0 aromatic heterocycles. The molecular formula is C13H19Cl2N3O. The Morgan fingerprint density at radius 3 is 2.26 bits per heavy atom. The monoisotopic (exact) mass is 303 g/mol. The van der Waals surface area contributed by atoms with Gasteiger partial charge in [0.05, 0.1) is 6.61 Å². The molecule has 1 aromatic carbocycles. The minimum atomic E-state index is 0.615. The summed E-state index contributed by atoms with van der Waals surface area (Å²) in [5.74, 6) is 5.02. The van der Waals surface area contributed by atoms with Crippen LogP contribution in [-0.4, -0.2) is 44.2 Å². The smallest absolute Gasteiger partial charge is 0.0691 e. The Hall–Kier alpha value is -0.520. The van der Waals surface area contributed by atoms with Gasteiger partial charge in [-0.2, -0.15) is 0 Å². The predicted octanol–water partition coefficient (Wildman–Crippen LogP) is 2.40. The highest BCUT2D eigenvalue weighted by Crippen LogP contribution is 2.26. The van der Waals surface area contributed by atoms with Crippen molar-refractivity contribution in [3.05, 3.63) is 28.2 Å². The third-order valence-corrected chi connectivity index (χ3v) is 3.76. The first-order valence-electron chi connectivity index (χ1n) is 6.44. The van der Waals surface area contributed by atoms with E-state index in [4.69, 9.17) is 29.1 Å². The number of halogens is 2. The minimum absolute atomic E-state index is 0.615. The van der Waals surface area contributed by atoms with Gasteiger partial charge in [-0.1, -0.05) is 23.2 Å². The van der Waals surface area contributed by atoms with E-state index in [0.29, 0.717) is 16.7 Å². The van der Waals surface area contributed by atoms with E-state index in [1.165, 1.54) is 0 Å². The summed E-state index contributed by atoms with van der Waals surface area (Å²) in [7, 11) is 0. The fourth-order valence-electron chi connectivity index (χ4n) is 2.32. The van der Waals surface area contributed by atoms with Crippen molar-refractivity contribution in [2.75, 3.05) is 44.2 Å². The lowest BCUT2D eigenvalue weighted by Crippen LogP contribution is -2.46. The second-order valence-electron chi connectivity index (χ2n) is 4.68. The van der Waals surface area contributed by atoms with Gasteiger partial charge in [-0.05, 0) is 24.6 Å². The molecule has 0 spiro atoms. The molecule has 0 radical (unpaired) electrons. The fourth-order valence-corrected chi connectivity index (χ4v) is 2.84. The maximum absolute atomic E-state index is 6.04. The normalized spacial score (nSPS) is 16.9. The minimum Gasteiger partial charge on any atom is -0.369 e. The molecule has 2 rings (SSSR count). The Morgan fingerprint density at radius 2 is 1.68 bits per heavy atom. The van der Waals surface area contributed by atoms with Crippen molar-refractivity contribution in [2.45, 2.75) is 6.42 Å². The van der Waals surface area contributed by atoms with E-state index in [9.17, 15) is 0 Å². The van der Waals surface area contributed by atoms with Crippen molar-refractivity contribution in [1.29, 1.82) is 0 Å². The van der Waals surface area contributed by atoms with Crippen LogP contribution in [0.4, 0.5) is 5.69 Å². The lowest BCUT2D eigenvalue weighted by atomic mass is 10.2. The molecular weight excluding hydrogens is 285 g/mol. The van der Waals surface area contributed by atoms with Gasteiger partial charge in [-0.15, -0.1) is 0 Å². The number of nitrogens with zero attached hydrogens (tertiary/aromatic N) is 2. The molecule has 1 aliphatic heterocycles. The standard InChI is InChI=1S/C13H19Cl2N3O/c14-11-8-12(15)10-13(9-11)18-5-3-17(4-6-18)2-1-7-19-16/h8-10H,1-7,16H2. The maximum atomic E-state index is 6.04. The number of benzene rings is 1. The van der Waals surface area contributed by atoms with Gasteiger partial charge in [0.25, 0.3) is 0 Å². The molecule has 0 aliphatic carbocycles. The predicted molar refractivity (Wildman–Crippen MR) is 79.9 cm³/mol. The van der Waals surface area contributed by atoms with E-state index >= 15 is 0 Å². The highest BCUT2D eigenvalue weighted by atomic mass is 35.5. The molecule has 1 aromatic rings. The summed E-state index contributed by atoms with van der Waals surface area (Å²) in [4.78, 5) is 9.31. The first-order chi connectivity index (χ1) is 9.19. The van der Waals surface area contributed by atoms with E-state index in [0.717, 1.165) is 44.8 Å². The van der Waals surface area contributed by atoms with Gasteiger partial charge in [0.2, 0.25) is 0 Å². The highest BCUT2D eigenvalue weighted by molar-refractivity contribution is 6.35. The average molecular weight is 304 g/mol. The van der Waals surface area contributed by atoms with Gasteiger partial charge in [0, 0.05) is 48.5 Å². The van der Waals surface area contributed by atoms with E-state index in [2.05, 4.69) is 14.6 Å². The van der Waals surface area contributed by atoms with Gasteiger partial charge in [0.1, 0.15) is 0 Å². The molecule has 4 nitrogen and oxygen atoms in total. The summed E-state index contributed by atoms with van der Waals surface area (Å²) < 4.78 is 0. The van der Waals surface area contributed by atoms with Gasteiger partial charge in [-0.3, -0.25) is 4.90 Å². The zero-order valence-corrected chi connectivity index (χ0v) is 12.3. The summed E-state index contributed by atoms with van der Waals surface area (Å²) >= 11 is 12.1. The lowest BCUT2D eigenvalue weighted by Gasteiger charge is -2.36. The first-order valence-corrected chi connectivity index (χ1v) is 7.20. The van der Waals surface area contributed by atoms with Crippen LogP contribution in [0.1, 0.15) is 6.42 Å². The topological polar surface area (TPSA) is 41.7 Å². The Bertz CT molecular complexity index is 389. The van der Waals surface area contributed by atoms with Crippen LogP contribution in [0.25, 0.3) is 0 Å². The van der Waals surface area contributed by atoms with Crippen molar-refractivity contribution in [3.63, 3.8) is 0 Å². The van der Waals surface area contributed by atoms with Gasteiger partial charge >= 0.3 is 0 Å². The Kier molecular flexibility index (Phi) is 5.73. The van der Waals surface area contributed by atoms with Crippen LogP contribution in [0.3, 0.4) is 0 Å². The average Bonchev–Trinajstić information content (AvgIpc) is 2.39. The molecule has 1 fully saturated rings. The number of rotatable bonds is 5. The molecule has 1 heterocycles. The van der Waals surface area contributed by atoms with Crippen molar-refractivity contribution >= 4 is 28.9 Å². The molecule has 1 aliphatic rings.